The van der Waals surface area contributed by atoms with Crippen molar-refractivity contribution in [1.82, 2.24) is 4.98 Å². The fourth-order valence-electron chi connectivity index (χ4n) is 2.35. The van der Waals surface area contributed by atoms with Gasteiger partial charge in [-0.3, -0.25) is 4.79 Å². The largest absolute Gasteiger partial charge is 0.481 e. The lowest BCUT2D eigenvalue weighted by Crippen LogP contribution is -2.08. The van der Waals surface area contributed by atoms with Crippen molar-refractivity contribution < 1.29 is 9.90 Å². The number of benzene rings is 1. The van der Waals surface area contributed by atoms with Crippen LogP contribution < -0.4 is 0 Å². The highest BCUT2D eigenvalue weighted by molar-refractivity contribution is 7.16. The molecule has 1 aromatic heterocycles. The number of hydrogen-bond acceptors (Lipinski definition) is 3. The van der Waals surface area contributed by atoms with Gasteiger partial charge in [-0.05, 0) is 42.4 Å². The molecule has 0 aliphatic heterocycles. The zero-order valence-electron chi connectivity index (χ0n) is 9.30. The Morgan fingerprint density at radius 1 is 1.53 bits per heavy atom. The van der Waals surface area contributed by atoms with Gasteiger partial charge in [0.25, 0.3) is 0 Å². The van der Waals surface area contributed by atoms with Crippen LogP contribution in [0.15, 0.2) is 23.7 Å². The zero-order valence-corrected chi connectivity index (χ0v) is 10.1. The Morgan fingerprint density at radius 2 is 2.35 bits per heavy atom. The van der Waals surface area contributed by atoms with Gasteiger partial charge in [-0.15, -0.1) is 11.3 Å². The molecule has 0 spiro atoms. The van der Waals surface area contributed by atoms with Gasteiger partial charge in [0.05, 0.1) is 22.1 Å². The molecule has 88 valence electrons. The lowest BCUT2D eigenvalue weighted by Gasteiger charge is -2.14. The Hall–Kier alpha value is -1.42. The van der Waals surface area contributed by atoms with E-state index in [2.05, 4.69) is 23.2 Å². The van der Waals surface area contributed by atoms with Gasteiger partial charge in [0.1, 0.15) is 0 Å². The van der Waals surface area contributed by atoms with Crippen molar-refractivity contribution in [3.8, 4) is 0 Å². The van der Waals surface area contributed by atoms with Gasteiger partial charge in [0.15, 0.2) is 0 Å². The molecule has 1 aromatic carbocycles. The van der Waals surface area contributed by atoms with Gasteiger partial charge >= 0.3 is 5.97 Å². The minimum Gasteiger partial charge on any atom is -0.481 e. The van der Waals surface area contributed by atoms with Crippen LogP contribution in [-0.2, 0) is 4.79 Å². The van der Waals surface area contributed by atoms with Crippen LogP contribution in [0.3, 0.4) is 0 Å². The van der Waals surface area contributed by atoms with Crippen molar-refractivity contribution in [3.05, 3.63) is 29.3 Å². The van der Waals surface area contributed by atoms with Gasteiger partial charge < -0.3 is 5.11 Å². The van der Waals surface area contributed by atoms with Crippen LogP contribution in [0.25, 0.3) is 10.2 Å². The van der Waals surface area contributed by atoms with Gasteiger partial charge in [-0.25, -0.2) is 4.98 Å². The average Bonchev–Trinajstić information content (AvgIpc) is 3.03. The van der Waals surface area contributed by atoms with Crippen LogP contribution in [0, 0.1) is 5.92 Å². The van der Waals surface area contributed by atoms with E-state index in [4.69, 9.17) is 5.11 Å². The van der Waals surface area contributed by atoms with Crippen molar-refractivity contribution in [3.63, 3.8) is 0 Å². The number of carboxylic acid groups (broad SMARTS) is 1. The molecule has 1 aliphatic rings. The van der Waals surface area contributed by atoms with Crippen LogP contribution in [-0.4, -0.2) is 16.1 Å². The number of nitrogens with zero attached hydrogens (tertiary/aromatic N) is 1. The number of aliphatic carboxylic acids is 1. The molecule has 0 radical (unpaired) electrons. The maximum Gasteiger partial charge on any atom is 0.303 e. The Bertz CT molecular complexity index is 559. The highest BCUT2D eigenvalue weighted by atomic mass is 32.1. The molecule has 1 atom stereocenters. The van der Waals surface area contributed by atoms with Crippen molar-refractivity contribution in [1.29, 1.82) is 0 Å². The predicted molar refractivity (Wildman–Crippen MR) is 67.3 cm³/mol. The van der Waals surface area contributed by atoms with E-state index in [0.29, 0.717) is 5.92 Å². The maximum absolute atomic E-state index is 10.9. The van der Waals surface area contributed by atoms with E-state index in [9.17, 15) is 4.79 Å². The third kappa shape index (κ3) is 2.17. The van der Waals surface area contributed by atoms with E-state index in [1.54, 1.807) is 11.3 Å². The summed E-state index contributed by atoms with van der Waals surface area (Å²) in [6, 6.07) is 6.17. The molecule has 2 aromatic rings. The number of carbonyl (C=O) groups is 1. The fourth-order valence-corrected chi connectivity index (χ4v) is 3.01. The van der Waals surface area contributed by atoms with Crippen LogP contribution >= 0.6 is 11.3 Å². The van der Waals surface area contributed by atoms with E-state index >= 15 is 0 Å². The van der Waals surface area contributed by atoms with Gasteiger partial charge in [0.2, 0.25) is 0 Å². The highest BCUT2D eigenvalue weighted by Crippen LogP contribution is 2.45. The van der Waals surface area contributed by atoms with Crippen LogP contribution in [0.1, 0.15) is 30.7 Å². The van der Waals surface area contributed by atoms with E-state index in [0.717, 1.165) is 23.9 Å². The minimum absolute atomic E-state index is 0.165. The first-order valence-electron chi connectivity index (χ1n) is 5.79. The van der Waals surface area contributed by atoms with Crippen molar-refractivity contribution >= 4 is 27.5 Å². The quantitative estimate of drug-likeness (QED) is 0.902. The molecule has 1 unspecified atom stereocenters. The second kappa shape index (κ2) is 4.11. The summed E-state index contributed by atoms with van der Waals surface area (Å²) in [5, 5.41) is 8.98. The van der Waals surface area contributed by atoms with Crippen LogP contribution in [0.2, 0.25) is 0 Å². The molecule has 1 fully saturated rings. The summed E-state index contributed by atoms with van der Waals surface area (Å²) in [4.78, 5) is 15.2. The second-order valence-electron chi connectivity index (χ2n) is 4.62. The Kier molecular flexibility index (Phi) is 2.59. The van der Waals surface area contributed by atoms with Gasteiger partial charge in [-0.2, -0.15) is 0 Å². The standard InChI is InChI=1S/C13H13NO2S/c15-13(16)6-10(8-1-2-8)9-3-4-12-11(5-9)14-7-17-12/h3-5,7-8,10H,1-2,6H2,(H,15,16). The third-order valence-electron chi connectivity index (χ3n) is 3.37. The van der Waals surface area contributed by atoms with Crippen molar-refractivity contribution in [2.75, 3.05) is 0 Å². The smallest absolute Gasteiger partial charge is 0.303 e. The molecule has 1 N–H and O–H groups in total. The molecule has 17 heavy (non-hydrogen) atoms. The van der Waals surface area contributed by atoms with Gasteiger partial charge in [-0.1, -0.05) is 6.07 Å². The van der Waals surface area contributed by atoms with Crippen LogP contribution in [0.4, 0.5) is 0 Å². The normalized spacial score (nSPS) is 17.2. The monoisotopic (exact) mass is 247 g/mol. The van der Waals surface area contributed by atoms with E-state index in [-0.39, 0.29) is 12.3 Å². The molecular weight excluding hydrogens is 234 g/mol. The number of thiazole rings is 1. The zero-order chi connectivity index (χ0) is 11.8. The molecule has 3 nitrogen and oxygen atoms in total. The number of carboxylic acids is 1. The molecule has 1 aliphatic carbocycles. The maximum atomic E-state index is 10.9. The Labute approximate surface area is 103 Å². The first-order chi connectivity index (χ1) is 8.24. The summed E-state index contributed by atoms with van der Waals surface area (Å²) in [5.74, 6) is 0.0149. The first kappa shape index (κ1) is 10.7. The van der Waals surface area contributed by atoms with Gasteiger partial charge in [0, 0.05) is 0 Å². The summed E-state index contributed by atoms with van der Waals surface area (Å²) in [6.45, 7) is 0. The average molecular weight is 247 g/mol. The number of hydrogen-bond donors (Lipinski definition) is 1. The Balaban J connectivity index is 1.95. The highest BCUT2D eigenvalue weighted by Gasteiger charge is 2.33. The lowest BCUT2D eigenvalue weighted by atomic mass is 9.91. The fraction of sp³-hybridized carbons (Fsp3) is 0.385. The molecule has 0 saturated heterocycles. The summed E-state index contributed by atoms with van der Waals surface area (Å²) in [6.07, 6.45) is 2.56. The molecule has 0 amide bonds. The number of aromatic nitrogens is 1. The molecular formula is C13H13NO2S. The molecule has 1 saturated carbocycles. The summed E-state index contributed by atoms with van der Waals surface area (Å²) < 4.78 is 1.17. The number of fused-ring (bicyclic) bond motifs is 1. The second-order valence-corrected chi connectivity index (χ2v) is 5.51. The topological polar surface area (TPSA) is 50.2 Å². The van der Waals surface area contributed by atoms with Crippen LogP contribution in [0.5, 0.6) is 0 Å². The Morgan fingerprint density at radius 3 is 3.06 bits per heavy atom. The lowest BCUT2D eigenvalue weighted by molar-refractivity contribution is -0.137. The predicted octanol–water partition coefficient (Wildman–Crippen LogP) is 3.26. The molecule has 3 rings (SSSR count). The molecule has 4 heteroatoms. The van der Waals surface area contributed by atoms with Crippen molar-refractivity contribution in [2.45, 2.75) is 25.2 Å². The minimum atomic E-state index is -0.708. The van der Waals surface area contributed by atoms with E-state index < -0.39 is 5.97 Å². The summed E-state index contributed by atoms with van der Waals surface area (Å²) in [5.41, 5.74) is 3.95. The van der Waals surface area contributed by atoms with E-state index in [1.165, 1.54) is 4.70 Å². The van der Waals surface area contributed by atoms with Crippen molar-refractivity contribution in [2.24, 2.45) is 5.92 Å². The van der Waals surface area contributed by atoms with E-state index in [1.807, 2.05) is 5.51 Å². The summed E-state index contributed by atoms with van der Waals surface area (Å²) in [7, 11) is 0. The third-order valence-corrected chi connectivity index (χ3v) is 4.18. The molecule has 0 bridgehead atoms. The SMILES string of the molecule is O=C(O)CC(c1ccc2scnc2c1)C1CC1. The molecule has 1 heterocycles. The first-order valence-corrected chi connectivity index (χ1v) is 6.67. The number of rotatable bonds is 4. The summed E-state index contributed by atoms with van der Waals surface area (Å²) >= 11 is 1.62.